The Labute approximate surface area is 261 Å². The fourth-order valence-electron chi connectivity index (χ4n) is 4.94. The van der Waals surface area contributed by atoms with Gasteiger partial charge in [-0.3, -0.25) is 0 Å². The van der Waals surface area contributed by atoms with E-state index in [1.54, 1.807) is 0 Å². The molecule has 0 unspecified atom stereocenters. The van der Waals surface area contributed by atoms with E-state index < -0.39 is 5.41 Å². The van der Waals surface area contributed by atoms with Gasteiger partial charge in [0.15, 0.2) is 0 Å². The molecule has 0 aliphatic rings. The minimum atomic E-state index is -0.672. The van der Waals surface area contributed by atoms with Crippen LogP contribution in [0.3, 0.4) is 0 Å². The Bertz CT molecular complexity index is 384. The van der Waals surface area contributed by atoms with E-state index in [1.807, 2.05) is 0 Å². The summed E-state index contributed by atoms with van der Waals surface area (Å²) >= 11 is 0. The van der Waals surface area contributed by atoms with E-state index in [0.29, 0.717) is 26.4 Å². The van der Waals surface area contributed by atoms with Crippen LogP contribution >= 0.6 is 0 Å². The zero-order valence-electron chi connectivity index (χ0n) is 25.4. The van der Waals surface area contributed by atoms with Crippen molar-refractivity contribution in [3.05, 3.63) is 0 Å². The van der Waals surface area contributed by atoms with E-state index in [2.05, 4.69) is 13.8 Å². The fourth-order valence-corrected chi connectivity index (χ4v) is 4.94. The summed E-state index contributed by atoms with van der Waals surface area (Å²) in [5, 5.41) is 19.7. The van der Waals surface area contributed by atoms with Gasteiger partial charge in [-0.15, -0.1) is 0 Å². The Kier molecular flexibility index (Phi) is 36.7. The molecule has 0 aliphatic carbocycles. The Morgan fingerprint density at radius 3 is 0.868 bits per heavy atom. The first kappa shape index (κ1) is 41.0. The molecule has 0 saturated carbocycles. The number of hydrogen-bond donors (Lipinski definition) is 2. The van der Waals surface area contributed by atoms with Crippen molar-refractivity contribution in [2.24, 2.45) is 5.41 Å². The summed E-state index contributed by atoms with van der Waals surface area (Å²) in [6, 6.07) is 0. The summed E-state index contributed by atoms with van der Waals surface area (Å²) in [7, 11) is 0. The molecule has 0 aromatic carbocycles. The van der Waals surface area contributed by atoms with Crippen molar-refractivity contribution in [1.82, 2.24) is 0 Å². The molecule has 0 rings (SSSR count). The molecule has 2 N–H and O–H groups in total. The van der Waals surface area contributed by atoms with Crippen molar-refractivity contribution >= 4 is 29.6 Å². The van der Waals surface area contributed by atoms with Crippen molar-refractivity contribution in [3.8, 4) is 0 Å². The van der Waals surface area contributed by atoms with Crippen molar-refractivity contribution in [2.75, 3.05) is 39.6 Å². The van der Waals surface area contributed by atoms with Crippen LogP contribution in [0.1, 0.15) is 168 Å². The van der Waals surface area contributed by atoms with Crippen LogP contribution in [-0.4, -0.2) is 79.4 Å². The number of aliphatic hydroxyl groups is 2. The molecule has 0 aliphatic heterocycles. The van der Waals surface area contributed by atoms with Gasteiger partial charge in [0.2, 0.25) is 0 Å². The van der Waals surface area contributed by atoms with Crippen LogP contribution < -0.4 is 0 Å². The summed E-state index contributed by atoms with van der Waals surface area (Å²) in [5.74, 6) is 0. The first-order valence-corrected chi connectivity index (χ1v) is 16.6. The van der Waals surface area contributed by atoms with Crippen molar-refractivity contribution in [2.45, 2.75) is 168 Å². The average molecular weight is 553 g/mol. The second kappa shape index (κ2) is 34.0. The molecule has 0 amide bonds. The molecule has 4 nitrogen and oxygen atoms in total. The molecule has 0 atom stereocenters. The van der Waals surface area contributed by atoms with E-state index in [9.17, 15) is 10.2 Å². The summed E-state index contributed by atoms with van der Waals surface area (Å²) in [5.41, 5.74) is -0.672. The zero-order valence-corrected chi connectivity index (χ0v) is 25.4. The second-order valence-corrected chi connectivity index (χ2v) is 11.7. The monoisotopic (exact) mass is 553 g/mol. The first-order chi connectivity index (χ1) is 18.2. The molecule has 0 aromatic heterocycles. The zero-order chi connectivity index (χ0) is 27.1. The number of ether oxygens (including phenoxy) is 2. The Balaban J connectivity index is 0. The molecule has 5 heteroatoms. The number of aliphatic hydroxyl groups excluding tert-OH is 2. The summed E-state index contributed by atoms with van der Waals surface area (Å²) in [4.78, 5) is 0. The summed E-state index contributed by atoms with van der Waals surface area (Å²) in [6.45, 7) is 6.51. The van der Waals surface area contributed by atoms with Gasteiger partial charge in [0.1, 0.15) is 0 Å². The third-order valence-electron chi connectivity index (χ3n) is 7.77. The van der Waals surface area contributed by atoms with Crippen LogP contribution in [0, 0.1) is 5.41 Å². The van der Waals surface area contributed by atoms with Crippen molar-refractivity contribution in [3.63, 3.8) is 0 Å². The SMILES string of the molecule is CCCCCCCCCCCCCCOCC(CO)(CO)COCCCCCCCCCCCCCC.[NaH]. The molecule has 0 radical (unpaired) electrons. The number of hydrogen-bond acceptors (Lipinski definition) is 4. The van der Waals surface area contributed by atoms with E-state index in [-0.39, 0.29) is 42.8 Å². The van der Waals surface area contributed by atoms with Crippen molar-refractivity contribution in [1.29, 1.82) is 0 Å². The number of rotatable bonds is 32. The van der Waals surface area contributed by atoms with E-state index in [1.165, 1.54) is 141 Å². The van der Waals surface area contributed by atoms with Gasteiger partial charge in [0, 0.05) is 13.2 Å². The molecule has 38 heavy (non-hydrogen) atoms. The molecule has 0 heterocycles. The van der Waals surface area contributed by atoms with E-state index >= 15 is 0 Å². The third kappa shape index (κ3) is 28.4. The van der Waals surface area contributed by atoms with Gasteiger partial charge < -0.3 is 19.7 Å². The van der Waals surface area contributed by atoms with Crippen LogP contribution in [0.2, 0.25) is 0 Å². The molecule has 0 aromatic rings. The van der Waals surface area contributed by atoms with Gasteiger partial charge in [0.05, 0.1) is 31.8 Å². The van der Waals surface area contributed by atoms with Crippen LogP contribution in [0.5, 0.6) is 0 Å². The van der Waals surface area contributed by atoms with E-state index in [4.69, 9.17) is 9.47 Å². The Hall–Kier alpha value is 0.840. The van der Waals surface area contributed by atoms with Gasteiger partial charge in [-0.05, 0) is 12.8 Å². The quantitative estimate of drug-likeness (QED) is 0.0647. The van der Waals surface area contributed by atoms with Gasteiger partial charge in [-0.2, -0.15) is 0 Å². The average Bonchev–Trinajstić information content (AvgIpc) is 2.92. The predicted molar refractivity (Wildman–Crippen MR) is 168 cm³/mol. The first-order valence-electron chi connectivity index (χ1n) is 16.6. The Morgan fingerprint density at radius 1 is 0.395 bits per heavy atom. The fraction of sp³-hybridized carbons (Fsp3) is 1.00. The predicted octanol–water partition coefficient (Wildman–Crippen LogP) is 8.74. The Morgan fingerprint density at radius 2 is 0.632 bits per heavy atom. The van der Waals surface area contributed by atoms with Crippen LogP contribution in [-0.2, 0) is 9.47 Å². The summed E-state index contributed by atoms with van der Waals surface area (Å²) < 4.78 is 11.7. The second-order valence-electron chi connectivity index (χ2n) is 11.7. The van der Waals surface area contributed by atoms with Crippen LogP contribution in [0.25, 0.3) is 0 Å². The summed E-state index contributed by atoms with van der Waals surface area (Å²) in [6.07, 6.45) is 32.0. The molecular weight excluding hydrogens is 483 g/mol. The molecular formula is C33H69NaO4. The van der Waals surface area contributed by atoms with Crippen molar-refractivity contribution < 1.29 is 19.7 Å². The minimum absolute atomic E-state index is 0. The maximum atomic E-state index is 9.86. The molecule has 0 spiro atoms. The maximum absolute atomic E-state index is 9.86. The molecule has 0 bridgehead atoms. The van der Waals surface area contributed by atoms with Gasteiger partial charge >= 0.3 is 29.6 Å². The van der Waals surface area contributed by atoms with Crippen LogP contribution in [0.15, 0.2) is 0 Å². The number of unbranched alkanes of at least 4 members (excludes halogenated alkanes) is 22. The van der Waals surface area contributed by atoms with Gasteiger partial charge in [0.25, 0.3) is 0 Å². The van der Waals surface area contributed by atoms with Crippen LogP contribution in [0.4, 0.5) is 0 Å². The molecule has 0 saturated heterocycles. The molecule has 0 fully saturated rings. The normalized spacial score (nSPS) is 11.7. The van der Waals surface area contributed by atoms with Gasteiger partial charge in [-0.25, -0.2) is 0 Å². The van der Waals surface area contributed by atoms with Gasteiger partial charge in [-0.1, -0.05) is 155 Å². The topological polar surface area (TPSA) is 58.9 Å². The van der Waals surface area contributed by atoms with E-state index in [0.717, 1.165) is 12.8 Å². The third-order valence-corrected chi connectivity index (χ3v) is 7.77. The standard InChI is InChI=1S/C33H68O4.Na.H/c1-3-5-7-9-11-13-15-17-19-21-23-25-27-36-31-33(29-34,30-35)32-37-28-26-24-22-20-18-16-14-12-10-8-6-4-2;;/h34-35H,3-32H2,1-2H3;;. The molecule has 226 valence electrons.